The van der Waals surface area contributed by atoms with Crippen LogP contribution >= 0.6 is 0 Å². The summed E-state index contributed by atoms with van der Waals surface area (Å²) in [5, 5.41) is 0. The number of hydrogen-bond acceptors (Lipinski definition) is 2. The molecule has 1 fully saturated rings. The lowest BCUT2D eigenvalue weighted by Gasteiger charge is -2.47. The van der Waals surface area contributed by atoms with Crippen molar-refractivity contribution < 1.29 is 0 Å². The molecule has 78 valence electrons. The molecule has 0 bridgehead atoms. The maximum absolute atomic E-state index is 2.43. The Bertz CT molecular complexity index is 159. The Hall–Kier alpha value is -0.0800. The number of hydrogen-bond donors (Lipinski definition) is 0. The molecular formula is C11H24N2. The maximum atomic E-state index is 2.43. The smallest absolute Gasteiger partial charge is 0.00452 e. The summed E-state index contributed by atoms with van der Waals surface area (Å²) in [4.78, 5) is 4.83. The highest BCUT2D eigenvalue weighted by molar-refractivity contribution is 4.89. The topological polar surface area (TPSA) is 6.48 Å². The molecule has 13 heavy (non-hydrogen) atoms. The molecular weight excluding hydrogens is 160 g/mol. The van der Waals surface area contributed by atoms with E-state index in [-0.39, 0.29) is 0 Å². The quantitative estimate of drug-likeness (QED) is 0.656. The van der Waals surface area contributed by atoms with E-state index in [1.54, 1.807) is 0 Å². The van der Waals surface area contributed by atoms with Gasteiger partial charge in [0.25, 0.3) is 0 Å². The maximum Gasteiger partial charge on any atom is 0.00452 e. The Balaban J connectivity index is 2.19. The molecule has 1 saturated heterocycles. The first-order chi connectivity index (χ1) is 5.93. The molecule has 0 aliphatic carbocycles. The molecule has 0 spiro atoms. The van der Waals surface area contributed by atoms with E-state index >= 15 is 0 Å². The van der Waals surface area contributed by atoms with E-state index in [0.29, 0.717) is 11.5 Å². The second-order valence-corrected chi connectivity index (χ2v) is 5.31. The van der Waals surface area contributed by atoms with Crippen molar-refractivity contribution in [3.05, 3.63) is 0 Å². The van der Waals surface area contributed by atoms with Crippen LogP contribution in [-0.2, 0) is 0 Å². The molecule has 0 amide bonds. The van der Waals surface area contributed by atoms with Gasteiger partial charge in [-0.25, -0.2) is 0 Å². The normalized spacial score (nSPS) is 22.4. The minimum atomic E-state index is 0.595. The van der Waals surface area contributed by atoms with E-state index in [1.165, 1.54) is 26.1 Å². The van der Waals surface area contributed by atoms with Crippen LogP contribution in [0.1, 0.15) is 27.2 Å². The number of nitrogens with zero attached hydrogens (tertiary/aromatic N) is 2. The summed E-state index contributed by atoms with van der Waals surface area (Å²) in [6.45, 7) is 10.7. The molecule has 0 saturated carbocycles. The highest BCUT2D eigenvalue weighted by Gasteiger charge is 2.35. The van der Waals surface area contributed by atoms with Crippen molar-refractivity contribution in [2.24, 2.45) is 5.41 Å². The standard InChI is InChI=1S/C11H24N2/c1-10(2)13(5)7-6-11(3)8-12(4)9-11/h10H,6-9H2,1-5H3. The van der Waals surface area contributed by atoms with E-state index in [9.17, 15) is 0 Å². The fraction of sp³-hybridized carbons (Fsp3) is 1.00. The monoisotopic (exact) mass is 184 g/mol. The Morgan fingerprint density at radius 2 is 1.92 bits per heavy atom. The third-order valence-electron chi connectivity index (χ3n) is 3.25. The van der Waals surface area contributed by atoms with Gasteiger partial charge >= 0.3 is 0 Å². The van der Waals surface area contributed by atoms with Crippen LogP contribution in [0, 0.1) is 5.41 Å². The predicted octanol–water partition coefficient (Wildman–Crippen LogP) is 1.67. The summed E-state index contributed by atoms with van der Waals surface area (Å²) in [6.07, 6.45) is 1.34. The number of likely N-dealkylation sites (tertiary alicyclic amines) is 1. The number of rotatable bonds is 4. The molecule has 0 unspecified atom stereocenters. The molecule has 1 heterocycles. The van der Waals surface area contributed by atoms with Gasteiger partial charge in [0.05, 0.1) is 0 Å². The van der Waals surface area contributed by atoms with Crippen LogP contribution in [-0.4, -0.2) is 49.6 Å². The lowest BCUT2D eigenvalue weighted by molar-refractivity contribution is 0.0224. The molecule has 2 heteroatoms. The summed E-state index contributed by atoms with van der Waals surface area (Å²) in [7, 11) is 4.42. The van der Waals surface area contributed by atoms with Crippen LogP contribution in [0.3, 0.4) is 0 Å². The molecule has 0 radical (unpaired) electrons. The average Bonchev–Trinajstić information content (AvgIpc) is 1.97. The van der Waals surface area contributed by atoms with E-state index < -0.39 is 0 Å². The first kappa shape index (κ1) is 11.0. The van der Waals surface area contributed by atoms with Crippen molar-refractivity contribution in [2.75, 3.05) is 33.7 Å². The summed E-state index contributed by atoms with van der Waals surface area (Å²) in [6, 6.07) is 0.682. The molecule has 0 aromatic heterocycles. The predicted molar refractivity (Wildman–Crippen MR) is 58.0 cm³/mol. The van der Waals surface area contributed by atoms with E-state index in [2.05, 4.69) is 44.7 Å². The molecule has 1 aliphatic rings. The zero-order valence-electron chi connectivity index (χ0n) is 9.80. The molecule has 1 rings (SSSR count). The van der Waals surface area contributed by atoms with Gasteiger partial charge in [-0.3, -0.25) is 0 Å². The van der Waals surface area contributed by atoms with Crippen molar-refractivity contribution in [2.45, 2.75) is 33.2 Å². The highest BCUT2D eigenvalue weighted by atomic mass is 15.2. The first-order valence-electron chi connectivity index (χ1n) is 5.32. The van der Waals surface area contributed by atoms with Crippen molar-refractivity contribution in [3.63, 3.8) is 0 Å². The second-order valence-electron chi connectivity index (χ2n) is 5.31. The third-order valence-corrected chi connectivity index (χ3v) is 3.25. The van der Waals surface area contributed by atoms with Gasteiger partial charge in [-0.05, 0) is 46.3 Å². The van der Waals surface area contributed by atoms with Crippen LogP contribution in [0.4, 0.5) is 0 Å². The largest absolute Gasteiger partial charge is 0.305 e. The fourth-order valence-corrected chi connectivity index (χ4v) is 2.12. The van der Waals surface area contributed by atoms with Crippen LogP contribution in [0.2, 0.25) is 0 Å². The van der Waals surface area contributed by atoms with E-state index in [0.717, 1.165) is 0 Å². The van der Waals surface area contributed by atoms with Crippen LogP contribution in [0.5, 0.6) is 0 Å². The van der Waals surface area contributed by atoms with Crippen LogP contribution < -0.4 is 0 Å². The molecule has 0 N–H and O–H groups in total. The van der Waals surface area contributed by atoms with Gasteiger partial charge in [0.2, 0.25) is 0 Å². The Morgan fingerprint density at radius 1 is 1.38 bits per heavy atom. The van der Waals surface area contributed by atoms with Gasteiger partial charge in [0, 0.05) is 19.1 Å². The lowest BCUT2D eigenvalue weighted by Crippen LogP contribution is -2.53. The third kappa shape index (κ3) is 2.96. The summed E-state index contributed by atoms with van der Waals surface area (Å²) in [5.41, 5.74) is 0.595. The summed E-state index contributed by atoms with van der Waals surface area (Å²) >= 11 is 0. The first-order valence-corrected chi connectivity index (χ1v) is 5.32. The minimum absolute atomic E-state index is 0.595. The molecule has 2 nitrogen and oxygen atoms in total. The van der Waals surface area contributed by atoms with Gasteiger partial charge < -0.3 is 9.80 Å². The van der Waals surface area contributed by atoms with Crippen molar-refractivity contribution in [1.82, 2.24) is 9.80 Å². The van der Waals surface area contributed by atoms with Crippen LogP contribution in [0.25, 0.3) is 0 Å². The van der Waals surface area contributed by atoms with Crippen LogP contribution in [0.15, 0.2) is 0 Å². The van der Waals surface area contributed by atoms with Gasteiger partial charge in [-0.2, -0.15) is 0 Å². The summed E-state index contributed by atoms with van der Waals surface area (Å²) in [5.74, 6) is 0. The van der Waals surface area contributed by atoms with Crippen molar-refractivity contribution >= 4 is 0 Å². The van der Waals surface area contributed by atoms with Crippen molar-refractivity contribution in [1.29, 1.82) is 0 Å². The van der Waals surface area contributed by atoms with E-state index in [4.69, 9.17) is 0 Å². The molecule has 0 aromatic rings. The van der Waals surface area contributed by atoms with Gasteiger partial charge in [0.1, 0.15) is 0 Å². The molecule has 1 aliphatic heterocycles. The Labute approximate surface area is 82.9 Å². The SMILES string of the molecule is CC(C)N(C)CCC1(C)CN(C)C1. The second kappa shape index (κ2) is 3.97. The van der Waals surface area contributed by atoms with Crippen molar-refractivity contribution in [3.8, 4) is 0 Å². The summed E-state index contributed by atoms with van der Waals surface area (Å²) < 4.78 is 0. The van der Waals surface area contributed by atoms with Gasteiger partial charge in [0.15, 0.2) is 0 Å². The fourth-order valence-electron chi connectivity index (χ4n) is 2.12. The van der Waals surface area contributed by atoms with E-state index in [1.807, 2.05) is 0 Å². The average molecular weight is 184 g/mol. The van der Waals surface area contributed by atoms with Gasteiger partial charge in [-0.15, -0.1) is 0 Å². The van der Waals surface area contributed by atoms with Gasteiger partial charge in [-0.1, -0.05) is 6.92 Å². The minimum Gasteiger partial charge on any atom is -0.305 e. The Morgan fingerprint density at radius 3 is 2.31 bits per heavy atom. The highest BCUT2D eigenvalue weighted by Crippen LogP contribution is 2.31. The zero-order chi connectivity index (χ0) is 10.1. The zero-order valence-corrected chi connectivity index (χ0v) is 9.80. The Kier molecular flexibility index (Phi) is 3.36. The lowest BCUT2D eigenvalue weighted by atomic mass is 9.79. The molecule has 0 atom stereocenters. The molecule has 0 aromatic carbocycles.